The first-order valence-electron chi connectivity index (χ1n) is 8.13. The van der Waals surface area contributed by atoms with Gasteiger partial charge in [0.25, 0.3) is 5.91 Å². The van der Waals surface area contributed by atoms with Crippen molar-refractivity contribution in [2.24, 2.45) is 0 Å². The molecular formula is C19H22N2O4. The van der Waals surface area contributed by atoms with Crippen molar-refractivity contribution in [3.63, 3.8) is 0 Å². The fourth-order valence-corrected chi connectivity index (χ4v) is 3.02. The summed E-state index contributed by atoms with van der Waals surface area (Å²) in [7, 11) is 0. The van der Waals surface area contributed by atoms with Crippen molar-refractivity contribution in [1.29, 1.82) is 0 Å². The van der Waals surface area contributed by atoms with Crippen LogP contribution in [0.25, 0.3) is 0 Å². The maximum absolute atomic E-state index is 12.7. The first-order valence-corrected chi connectivity index (χ1v) is 8.13. The average molecular weight is 342 g/mol. The van der Waals surface area contributed by atoms with Crippen molar-refractivity contribution in [2.45, 2.75) is 40.5 Å². The van der Waals surface area contributed by atoms with Gasteiger partial charge in [-0.25, -0.2) is 4.79 Å². The van der Waals surface area contributed by atoms with Crippen molar-refractivity contribution in [1.82, 2.24) is 4.98 Å². The Hall–Kier alpha value is -2.89. The molecule has 6 heteroatoms. The normalized spacial score (nSPS) is 10.6. The van der Waals surface area contributed by atoms with Crippen LogP contribution in [0.2, 0.25) is 0 Å². The minimum atomic E-state index is -1.01. The lowest BCUT2D eigenvalue weighted by Crippen LogP contribution is -2.15. The zero-order chi connectivity index (χ0) is 18.7. The Bertz CT molecular complexity index is 849. The summed E-state index contributed by atoms with van der Waals surface area (Å²) in [6.07, 6.45) is 1.43. The quantitative estimate of drug-likeness (QED) is 0.696. The van der Waals surface area contributed by atoms with Crippen LogP contribution in [0.4, 0.5) is 5.69 Å². The third kappa shape index (κ3) is 3.79. The first kappa shape index (κ1) is 18.4. The number of carbonyl (C=O) groups excluding carboxylic acids is 2. The lowest BCUT2D eigenvalue weighted by molar-refractivity contribution is 0.0695. The van der Waals surface area contributed by atoms with E-state index in [0.717, 1.165) is 12.0 Å². The monoisotopic (exact) mass is 342 g/mol. The van der Waals surface area contributed by atoms with Gasteiger partial charge < -0.3 is 15.4 Å². The Balaban J connectivity index is 2.35. The Kier molecular flexibility index (Phi) is 5.41. The van der Waals surface area contributed by atoms with Gasteiger partial charge in [-0.3, -0.25) is 9.59 Å². The van der Waals surface area contributed by atoms with Crippen LogP contribution in [0.5, 0.6) is 0 Å². The summed E-state index contributed by atoms with van der Waals surface area (Å²) < 4.78 is 0. The number of anilines is 1. The van der Waals surface area contributed by atoms with Gasteiger partial charge in [0.2, 0.25) is 0 Å². The molecule has 0 spiro atoms. The Morgan fingerprint density at radius 2 is 1.88 bits per heavy atom. The van der Waals surface area contributed by atoms with Gasteiger partial charge in [-0.15, -0.1) is 0 Å². The van der Waals surface area contributed by atoms with Gasteiger partial charge in [-0.05, 0) is 56.5 Å². The van der Waals surface area contributed by atoms with Gasteiger partial charge in [0.1, 0.15) is 5.69 Å². The van der Waals surface area contributed by atoms with Crippen molar-refractivity contribution >= 4 is 23.3 Å². The molecule has 0 aliphatic heterocycles. The predicted molar refractivity (Wildman–Crippen MR) is 95.6 cm³/mol. The highest BCUT2D eigenvalue weighted by Crippen LogP contribution is 2.23. The maximum atomic E-state index is 12.7. The molecule has 0 unspecified atom stereocenters. The number of carboxylic acid groups (broad SMARTS) is 1. The van der Waals surface area contributed by atoms with E-state index in [2.05, 4.69) is 10.3 Å². The van der Waals surface area contributed by atoms with Crippen LogP contribution < -0.4 is 5.32 Å². The number of carboxylic acids is 1. The van der Waals surface area contributed by atoms with E-state index >= 15 is 0 Å². The summed E-state index contributed by atoms with van der Waals surface area (Å²) in [5.74, 6) is -1.42. The molecule has 1 aromatic heterocycles. The summed E-state index contributed by atoms with van der Waals surface area (Å²) in [6, 6.07) is 4.62. The van der Waals surface area contributed by atoms with Crippen LogP contribution in [-0.4, -0.2) is 27.8 Å². The second kappa shape index (κ2) is 7.34. The molecule has 0 saturated carbocycles. The van der Waals surface area contributed by atoms with Gasteiger partial charge in [0.05, 0.1) is 5.56 Å². The number of amides is 1. The van der Waals surface area contributed by atoms with Crippen LogP contribution >= 0.6 is 0 Å². The van der Waals surface area contributed by atoms with Crippen LogP contribution in [0, 0.1) is 13.8 Å². The predicted octanol–water partition coefficient (Wildman–Crippen LogP) is 3.74. The number of aryl methyl sites for hydroxylation is 2. The number of rotatable bonds is 6. The molecule has 0 bridgehead atoms. The molecule has 0 aliphatic rings. The second-order valence-corrected chi connectivity index (χ2v) is 6.07. The fraction of sp³-hybridized carbons (Fsp3) is 0.316. The zero-order valence-electron chi connectivity index (χ0n) is 14.8. The molecule has 132 valence electrons. The molecular weight excluding hydrogens is 320 g/mol. The minimum absolute atomic E-state index is 0.0714. The lowest BCUT2D eigenvalue weighted by Gasteiger charge is -2.09. The van der Waals surface area contributed by atoms with E-state index in [0.29, 0.717) is 34.6 Å². The van der Waals surface area contributed by atoms with Crippen molar-refractivity contribution in [2.75, 3.05) is 5.32 Å². The molecule has 0 aliphatic carbocycles. The number of aromatic carboxylic acids is 1. The Morgan fingerprint density at radius 1 is 1.20 bits per heavy atom. The summed E-state index contributed by atoms with van der Waals surface area (Å²) in [5, 5.41) is 11.8. The smallest absolute Gasteiger partial charge is 0.335 e. The molecule has 1 amide bonds. The van der Waals surface area contributed by atoms with Gasteiger partial charge >= 0.3 is 5.97 Å². The van der Waals surface area contributed by atoms with Gasteiger partial charge in [0.15, 0.2) is 5.78 Å². The minimum Gasteiger partial charge on any atom is -0.478 e. The molecule has 25 heavy (non-hydrogen) atoms. The van der Waals surface area contributed by atoms with Crippen LogP contribution in [0.1, 0.15) is 68.3 Å². The van der Waals surface area contributed by atoms with Gasteiger partial charge in [-0.2, -0.15) is 0 Å². The fourth-order valence-electron chi connectivity index (χ4n) is 3.02. The topological polar surface area (TPSA) is 99.3 Å². The summed E-state index contributed by atoms with van der Waals surface area (Å²) >= 11 is 0. The van der Waals surface area contributed by atoms with Crippen molar-refractivity contribution in [3.05, 3.63) is 51.8 Å². The Morgan fingerprint density at radius 3 is 2.40 bits per heavy atom. The number of carbonyl (C=O) groups is 3. The van der Waals surface area contributed by atoms with E-state index in [1.54, 1.807) is 26.0 Å². The molecule has 3 N–H and O–H groups in total. The molecule has 0 saturated heterocycles. The van der Waals surface area contributed by atoms with Gasteiger partial charge in [-0.1, -0.05) is 13.3 Å². The standard InChI is InChI=1S/C19H22N2O4/c1-5-6-15-16(12(4)22)11(3)20-17(15)18(23)21-13-7-8-14(19(24)25)10(2)9-13/h7-9,20H,5-6H2,1-4H3,(H,21,23)(H,24,25). The number of benzene rings is 1. The first-order chi connectivity index (χ1) is 11.8. The largest absolute Gasteiger partial charge is 0.478 e. The van der Waals surface area contributed by atoms with E-state index in [-0.39, 0.29) is 17.3 Å². The SMILES string of the molecule is CCCc1c(C(=O)Nc2ccc(C(=O)O)c(C)c2)[nH]c(C)c1C(C)=O. The van der Waals surface area contributed by atoms with E-state index < -0.39 is 5.97 Å². The highest BCUT2D eigenvalue weighted by Gasteiger charge is 2.22. The third-order valence-corrected chi connectivity index (χ3v) is 4.08. The number of ketones is 1. The molecule has 0 atom stereocenters. The third-order valence-electron chi connectivity index (χ3n) is 4.08. The summed E-state index contributed by atoms with van der Waals surface area (Å²) in [4.78, 5) is 38.6. The molecule has 2 rings (SSSR count). The second-order valence-electron chi connectivity index (χ2n) is 6.07. The number of aromatic nitrogens is 1. The average Bonchev–Trinajstić information content (AvgIpc) is 2.84. The number of hydrogen-bond acceptors (Lipinski definition) is 3. The van der Waals surface area contributed by atoms with E-state index in [1.807, 2.05) is 6.92 Å². The molecule has 6 nitrogen and oxygen atoms in total. The highest BCUT2D eigenvalue weighted by atomic mass is 16.4. The number of nitrogens with one attached hydrogen (secondary N) is 2. The lowest BCUT2D eigenvalue weighted by atomic mass is 10.0. The molecule has 2 aromatic rings. The molecule has 0 radical (unpaired) electrons. The van der Waals surface area contributed by atoms with E-state index in [9.17, 15) is 14.4 Å². The molecule has 1 heterocycles. The van der Waals surface area contributed by atoms with Crippen molar-refractivity contribution < 1.29 is 19.5 Å². The van der Waals surface area contributed by atoms with Crippen LogP contribution in [0.15, 0.2) is 18.2 Å². The number of hydrogen-bond donors (Lipinski definition) is 3. The summed E-state index contributed by atoms with van der Waals surface area (Å²) in [6.45, 7) is 6.93. The van der Waals surface area contributed by atoms with E-state index in [4.69, 9.17) is 5.11 Å². The zero-order valence-corrected chi connectivity index (χ0v) is 14.8. The maximum Gasteiger partial charge on any atom is 0.335 e. The number of aromatic amines is 1. The number of H-pyrrole nitrogens is 1. The van der Waals surface area contributed by atoms with Gasteiger partial charge in [0, 0.05) is 16.9 Å². The molecule has 1 aromatic carbocycles. The molecule has 0 fully saturated rings. The Labute approximate surface area is 146 Å². The number of Topliss-reactive ketones (excluding diaryl/α,β-unsaturated/α-hetero) is 1. The van der Waals surface area contributed by atoms with Crippen LogP contribution in [-0.2, 0) is 6.42 Å². The van der Waals surface area contributed by atoms with Crippen molar-refractivity contribution in [3.8, 4) is 0 Å². The highest BCUT2D eigenvalue weighted by molar-refractivity contribution is 6.08. The summed E-state index contributed by atoms with van der Waals surface area (Å²) in [5.41, 5.74) is 3.62. The van der Waals surface area contributed by atoms with E-state index in [1.165, 1.54) is 13.0 Å². The van der Waals surface area contributed by atoms with Crippen LogP contribution in [0.3, 0.4) is 0 Å².